The van der Waals surface area contributed by atoms with E-state index < -0.39 is 0 Å². The average Bonchev–Trinajstić information content (AvgIpc) is 2.81. The van der Waals surface area contributed by atoms with Crippen molar-refractivity contribution >= 4 is 50.9 Å². The van der Waals surface area contributed by atoms with E-state index in [0.717, 1.165) is 8.79 Å². The van der Waals surface area contributed by atoms with Crippen molar-refractivity contribution in [3.63, 3.8) is 0 Å². The molecule has 2 heterocycles. The van der Waals surface area contributed by atoms with Crippen molar-refractivity contribution in [3.05, 3.63) is 15.0 Å². The first-order chi connectivity index (χ1) is 9.56. The van der Waals surface area contributed by atoms with Gasteiger partial charge in [0.05, 0.1) is 6.54 Å². The third-order valence-corrected chi connectivity index (χ3v) is 4.19. The van der Waals surface area contributed by atoms with Crippen LogP contribution in [-0.4, -0.2) is 32.2 Å². The van der Waals surface area contributed by atoms with Gasteiger partial charge in [0.15, 0.2) is 9.07 Å². The molecular formula is C11H15BrN6S2. The Hall–Kier alpha value is -0.930. The summed E-state index contributed by atoms with van der Waals surface area (Å²) < 4.78 is 0.872. The van der Waals surface area contributed by atoms with Crippen molar-refractivity contribution in [2.75, 3.05) is 16.9 Å². The molecule has 0 radical (unpaired) electrons. The van der Waals surface area contributed by atoms with Gasteiger partial charge in [0, 0.05) is 17.1 Å². The normalized spacial score (nSPS) is 10.8. The lowest BCUT2D eigenvalue weighted by Gasteiger charge is -2.10. The van der Waals surface area contributed by atoms with E-state index in [9.17, 15) is 0 Å². The Morgan fingerprint density at radius 1 is 1.30 bits per heavy atom. The highest BCUT2D eigenvalue weighted by molar-refractivity contribution is 9.11. The maximum Gasteiger partial charge on any atom is 0.228 e. The lowest BCUT2D eigenvalue weighted by atomic mass is 10.4. The SMILES string of the molecule is CSc1nc(NCc2cnc(Br)s2)nc(NC(C)C)n1. The van der Waals surface area contributed by atoms with Crippen LogP contribution in [0.2, 0.25) is 0 Å². The Kier molecular flexibility index (Phi) is 5.55. The molecule has 0 aromatic carbocycles. The van der Waals surface area contributed by atoms with Crippen molar-refractivity contribution < 1.29 is 0 Å². The van der Waals surface area contributed by atoms with Crippen LogP contribution in [0.15, 0.2) is 15.3 Å². The topological polar surface area (TPSA) is 75.6 Å². The molecule has 9 heteroatoms. The summed E-state index contributed by atoms with van der Waals surface area (Å²) in [4.78, 5) is 18.3. The van der Waals surface area contributed by atoms with Gasteiger partial charge in [0.1, 0.15) is 0 Å². The van der Waals surface area contributed by atoms with Crippen LogP contribution in [0, 0.1) is 0 Å². The summed E-state index contributed by atoms with van der Waals surface area (Å²) >= 11 is 6.42. The van der Waals surface area contributed by atoms with Crippen LogP contribution < -0.4 is 10.6 Å². The molecule has 0 saturated heterocycles. The van der Waals surface area contributed by atoms with Crippen molar-refractivity contribution in [1.82, 2.24) is 19.9 Å². The van der Waals surface area contributed by atoms with Gasteiger partial charge < -0.3 is 10.6 Å². The molecular weight excluding hydrogens is 360 g/mol. The van der Waals surface area contributed by atoms with Crippen LogP contribution in [0.5, 0.6) is 0 Å². The Balaban J connectivity index is 2.09. The molecule has 0 bridgehead atoms. The summed E-state index contributed by atoms with van der Waals surface area (Å²) in [6.07, 6.45) is 3.77. The third-order valence-electron chi connectivity index (χ3n) is 2.16. The molecule has 0 aliphatic heterocycles. The smallest absolute Gasteiger partial charge is 0.228 e. The summed E-state index contributed by atoms with van der Waals surface area (Å²) in [7, 11) is 0. The highest BCUT2D eigenvalue weighted by atomic mass is 79.9. The van der Waals surface area contributed by atoms with Crippen LogP contribution in [0.3, 0.4) is 0 Å². The fourth-order valence-corrected chi connectivity index (χ4v) is 3.03. The van der Waals surface area contributed by atoms with Gasteiger partial charge in [-0.1, -0.05) is 11.8 Å². The van der Waals surface area contributed by atoms with E-state index >= 15 is 0 Å². The molecule has 2 aromatic heterocycles. The number of aromatic nitrogens is 4. The first-order valence-corrected chi connectivity index (χ1v) is 8.81. The monoisotopic (exact) mass is 374 g/mol. The Bertz CT molecular complexity index is 574. The van der Waals surface area contributed by atoms with Crippen molar-refractivity contribution in [2.45, 2.75) is 31.6 Å². The minimum absolute atomic E-state index is 0.275. The fourth-order valence-electron chi connectivity index (χ4n) is 1.38. The molecule has 0 spiro atoms. The second-order valence-corrected chi connectivity index (χ2v) is 7.37. The maximum atomic E-state index is 4.36. The number of halogens is 1. The van der Waals surface area contributed by atoms with Gasteiger partial charge in [-0.3, -0.25) is 0 Å². The number of anilines is 2. The predicted octanol–water partition coefficient (Wildman–Crippen LogP) is 3.24. The van der Waals surface area contributed by atoms with E-state index in [-0.39, 0.29) is 6.04 Å². The molecule has 0 atom stereocenters. The third kappa shape index (κ3) is 4.57. The van der Waals surface area contributed by atoms with Gasteiger partial charge in [-0.05, 0) is 36.0 Å². The van der Waals surface area contributed by atoms with Crippen molar-refractivity contribution in [3.8, 4) is 0 Å². The molecule has 108 valence electrons. The predicted molar refractivity (Wildman–Crippen MR) is 87.5 cm³/mol. The lowest BCUT2D eigenvalue weighted by molar-refractivity contribution is 0.834. The molecule has 2 N–H and O–H groups in total. The number of hydrogen-bond donors (Lipinski definition) is 2. The summed E-state index contributed by atoms with van der Waals surface area (Å²) in [5.74, 6) is 1.16. The molecule has 0 fully saturated rings. The fraction of sp³-hybridized carbons (Fsp3) is 0.455. The lowest BCUT2D eigenvalue weighted by Crippen LogP contribution is -2.15. The van der Waals surface area contributed by atoms with Gasteiger partial charge in [-0.2, -0.15) is 15.0 Å². The Morgan fingerprint density at radius 3 is 2.65 bits per heavy atom. The van der Waals surface area contributed by atoms with E-state index in [1.165, 1.54) is 11.8 Å². The summed E-state index contributed by atoms with van der Waals surface area (Å²) in [5, 5.41) is 7.08. The molecule has 0 amide bonds. The zero-order chi connectivity index (χ0) is 14.5. The number of thioether (sulfide) groups is 1. The number of thiazole rings is 1. The van der Waals surface area contributed by atoms with E-state index in [4.69, 9.17) is 0 Å². The minimum atomic E-state index is 0.275. The molecule has 20 heavy (non-hydrogen) atoms. The Morgan fingerprint density at radius 2 is 2.05 bits per heavy atom. The molecule has 0 saturated carbocycles. The quantitative estimate of drug-likeness (QED) is 0.751. The molecule has 0 aliphatic carbocycles. The van der Waals surface area contributed by atoms with Crippen LogP contribution >= 0.6 is 39.0 Å². The zero-order valence-corrected chi connectivity index (χ0v) is 14.6. The largest absolute Gasteiger partial charge is 0.352 e. The number of nitrogens with one attached hydrogen (secondary N) is 2. The molecule has 0 aliphatic rings. The summed E-state index contributed by atoms with van der Waals surface area (Å²) in [6.45, 7) is 4.73. The van der Waals surface area contributed by atoms with Gasteiger partial charge >= 0.3 is 0 Å². The van der Waals surface area contributed by atoms with Crippen molar-refractivity contribution in [2.24, 2.45) is 0 Å². The second-order valence-electron chi connectivity index (χ2n) is 4.20. The van der Waals surface area contributed by atoms with Gasteiger partial charge in [0.25, 0.3) is 0 Å². The summed E-state index contributed by atoms with van der Waals surface area (Å²) in [5.41, 5.74) is 0. The van der Waals surface area contributed by atoms with Crippen LogP contribution in [0.4, 0.5) is 11.9 Å². The van der Waals surface area contributed by atoms with Crippen LogP contribution in [0.25, 0.3) is 0 Å². The van der Waals surface area contributed by atoms with Gasteiger partial charge in [0.2, 0.25) is 11.9 Å². The molecule has 6 nitrogen and oxygen atoms in total. The minimum Gasteiger partial charge on any atom is -0.352 e. The van der Waals surface area contributed by atoms with E-state index in [1.807, 2.05) is 26.3 Å². The second kappa shape index (κ2) is 7.19. The van der Waals surface area contributed by atoms with Crippen molar-refractivity contribution in [1.29, 1.82) is 0 Å². The van der Waals surface area contributed by atoms with E-state index in [2.05, 4.69) is 46.5 Å². The molecule has 2 aromatic rings. The van der Waals surface area contributed by atoms with E-state index in [0.29, 0.717) is 23.6 Å². The molecule has 2 rings (SSSR count). The standard InChI is InChI=1S/C11H15BrN6S2/c1-6(2)15-10-16-9(17-11(18-10)19-3)14-5-7-4-13-8(12)20-7/h4,6H,5H2,1-3H3,(H2,14,15,16,17,18). The van der Waals surface area contributed by atoms with Gasteiger partial charge in [-0.15, -0.1) is 11.3 Å². The van der Waals surface area contributed by atoms with Gasteiger partial charge in [-0.25, -0.2) is 4.98 Å². The zero-order valence-electron chi connectivity index (χ0n) is 11.3. The average molecular weight is 375 g/mol. The molecule has 0 unspecified atom stereocenters. The van der Waals surface area contributed by atoms with Crippen LogP contribution in [-0.2, 0) is 6.54 Å². The van der Waals surface area contributed by atoms with Crippen LogP contribution in [0.1, 0.15) is 18.7 Å². The Labute approximate surface area is 134 Å². The number of rotatable bonds is 6. The highest BCUT2D eigenvalue weighted by Crippen LogP contribution is 2.20. The number of hydrogen-bond acceptors (Lipinski definition) is 8. The van der Waals surface area contributed by atoms with E-state index in [1.54, 1.807) is 11.3 Å². The maximum absolute atomic E-state index is 4.36. The number of nitrogens with zero attached hydrogens (tertiary/aromatic N) is 4. The first kappa shape index (κ1) is 15.5. The highest BCUT2D eigenvalue weighted by Gasteiger charge is 2.07. The first-order valence-electron chi connectivity index (χ1n) is 5.97. The summed E-state index contributed by atoms with van der Waals surface area (Å²) in [6, 6.07) is 0.275.